The maximum atomic E-state index is 5.86. The molecule has 0 aliphatic rings. The number of nitrogen functional groups attached to an aromatic ring is 2. The van der Waals surface area contributed by atoms with Crippen LogP contribution in [0, 0.1) is 7.14 Å². The first-order valence-electron chi connectivity index (χ1n) is 4.69. The number of halogens is 2. The van der Waals surface area contributed by atoms with Crippen molar-refractivity contribution in [2.45, 2.75) is 0 Å². The van der Waals surface area contributed by atoms with Crippen molar-refractivity contribution < 1.29 is 0 Å². The molecule has 0 fully saturated rings. The van der Waals surface area contributed by atoms with Gasteiger partial charge in [0.25, 0.3) is 0 Å². The lowest BCUT2D eigenvalue weighted by molar-refractivity contribution is 1.53. The molecule has 0 spiro atoms. The molecule has 2 rings (SSSR count). The Kier molecular flexibility index (Phi) is 3.58. The minimum Gasteiger partial charge on any atom is -0.399 e. The van der Waals surface area contributed by atoms with Crippen LogP contribution in [-0.4, -0.2) is 0 Å². The standard InChI is InChI=1S/C12H10I2N2/c13-11-9(5-6-10(16)12(11)14)7-1-3-8(15)4-2-7/h1-6H,15-16H2. The van der Waals surface area contributed by atoms with Gasteiger partial charge in [-0.1, -0.05) is 18.2 Å². The van der Waals surface area contributed by atoms with E-state index in [0.717, 1.165) is 20.5 Å². The third kappa shape index (κ3) is 2.27. The Morgan fingerprint density at radius 2 is 1.38 bits per heavy atom. The summed E-state index contributed by atoms with van der Waals surface area (Å²) in [5, 5.41) is 0. The van der Waals surface area contributed by atoms with Crippen LogP contribution in [0.3, 0.4) is 0 Å². The zero-order chi connectivity index (χ0) is 11.7. The Hall–Kier alpha value is -0.500. The molecule has 0 saturated carbocycles. The Morgan fingerprint density at radius 3 is 2.00 bits per heavy atom. The predicted octanol–water partition coefficient (Wildman–Crippen LogP) is 3.73. The van der Waals surface area contributed by atoms with E-state index in [2.05, 4.69) is 45.2 Å². The molecule has 0 aromatic heterocycles. The summed E-state index contributed by atoms with van der Waals surface area (Å²) < 4.78 is 2.29. The number of rotatable bonds is 1. The third-order valence-corrected chi connectivity index (χ3v) is 5.65. The molecule has 0 amide bonds. The molecule has 0 aliphatic carbocycles. The first-order valence-corrected chi connectivity index (χ1v) is 6.84. The summed E-state index contributed by atoms with van der Waals surface area (Å²) in [7, 11) is 0. The number of anilines is 2. The maximum absolute atomic E-state index is 5.86. The van der Waals surface area contributed by atoms with E-state index in [9.17, 15) is 0 Å². The molecule has 0 saturated heterocycles. The molecule has 4 N–H and O–H groups in total. The highest BCUT2D eigenvalue weighted by Crippen LogP contribution is 2.32. The highest BCUT2D eigenvalue weighted by atomic mass is 127. The molecule has 0 heterocycles. The second-order valence-electron chi connectivity index (χ2n) is 3.45. The van der Waals surface area contributed by atoms with E-state index in [1.165, 1.54) is 9.13 Å². The maximum Gasteiger partial charge on any atom is 0.0499 e. The summed E-state index contributed by atoms with van der Waals surface area (Å²) in [5.74, 6) is 0. The zero-order valence-electron chi connectivity index (χ0n) is 8.37. The van der Waals surface area contributed by atoms with Crippen LogP contribution in [0.15, 0.2) is 36.4 Å². The van der Waals surface area contributed by atoms with Gasteiger partial charge in [0, 0.05) is 18.5 Å². The van der Waals surface area contributed by atoms with Crippen molar-refractivity contribution in [3.63, 3.8) is 0 Å². The van der Waals surface area contributed by atoms with Gasteiger partial charge in [-0.25, -0.2) is 0 Å². The van der Waals surface area contributed by atoms with Gasteiger partial charge in [0.05, 0.1) is 0 Å². The lowest BCUT2D eigenvalue weighted by atomic mass is 10.1. The van der Waals surface area contributed by atoms with Gasteiger partial charge < -0.3 is 11.5 Å². The summed E-state index contributed by atoms with van der Waals surface area (Å²) in [6.07, 6.45) is 0. The summed E-state index contributed by atoms with van der Waals surface area (Å²) in [4.78, 5) is 0. The average Bonchev–Trinajstić information content (AvgIpc) is 2.28. The van der Waals surface area contributed by atoms with Gasteiger partial charge in [-0.15, -0.1) is 0 Å². The largest absolute Gasteiger partial charge is 0.399 e. The topological polar surface area (TPSA) is 52.0 Å². The molecule has 0 bridgehead atoms. The first kappa shape index (κ1) is 12.0. The zero-order valence-corrected chi connectivity index (χ0v) is 12.7. The molecular weight excluding hydrogens is 426 g/mol. The molecule has 4 heteroatoms. The lowest BCUT2D eigenvalue weighted by Gasteiger charge is -2.09. The van der Waals surface area contributed by atoms with Crippen LogP contribution in [0.2, 0.25) is 0 Å². The van der Waals surface area contributed by atoms with Crippen molar-refractivity contribution in [2.75, 3.05) is 11.5 Å². The SMILES string of the molecule is Nc1ccc(-c2ccc(N)c(I)c2I)cc1. The van der Waals surface area contributed by atoms with Crippen LogP contribution in [0.5, 0.6) is 0 Å². The summed E-state index contributed by atoms with van der Waals surface area (Å²) in [6.45, 7) is 0. The molecule has 0 unspecified atom stereocenters. The molecule has 82 valence electrons. The van der Waals surface area contributed by atoms with Gasteiger partial charge in [0.2, 0.25) is 0 Å². The van der Waals surface area contributed by atoms with Crippen molar-refractivity contribution in [1.82, 2.24) is 0 Å². The van der Waals surface area contributed by atoms with E-state index in [0.29, 0.717) is 0 Å². The molecule has 2 nitrogen and oxygen atoms in total. The van der Waals surface area contributed by atoms with E-state index in [1.54, 1.807) is 0 Å². The second kappa shape index (κ2) is 4.79. The quantitative estimate of drug-likeness (QED) is 0.529. The molecule has 0 aliphatic heterocycles. The first-order chi connectivity index (χ1) is 7.59. The van der Waals surface area contributed by atoms with Gasteiger partial charge >= 0.3 is 0 Å². The minimum absolute atomic E-state index is 0.781. The number of benzene rings is 2. The molecule has 0 radical (unpaired) electrons. The second-order valence-corrected chi connectivity index (χ2v) is 5.61. The van der Waals surface area contributed by atoms with Crippen LogP contribution in [0.25, 0.3) is 11.1 Å². The van der Waals surface area contributed by atoms with Crippen LogP contribution >= 0.6 is 45.2 Å². The highest BCUT2D eigenvalue weighted by Gasteiger charge is 2.08. The van der Waals surface area contributed by atoms with E-state index in [4.69, 9.17) is 11.5 Å². The van der Waals surface area contributed by atoms with Crippen LogP contribution < -0.4 is 11.5 Å². The summed E-state index contributed by atoms with van der Waals surface area (Å²) in [6, 6.07) is 11.9. The van der Waals surface area contributed by atoms with E-state index >= 15 is 0 Å². The predicted molar refractivity (Wildman–Crippen MR) is 86.1 cm³/mol. The fourth-order valence-corrected chi connectivity index (χ4v) is 2.72. The molecule has 0 atom stereocenters. The van der Waals surface area contributed by atoms with Gasteiger partial charge in [0.15, 0.2) is 0 Å². The number of nitrogens with two attached hydrogens (primary N) is 2. The van der Waals surface area contributed by atoms with E-state index < -0.39 is 0 Å². The van der Waals surface area contributed by atoms with Gasteiger partial charge in [-0.05, 0) is 74.5 Å². The highest BCUT2D eigenvalue weighted by molar-refractivity contribution is 14.1. The van der Waals surface area contributed by atoms with Crippen molar-refractivity contribution in [3.8, 4) is 11.1 Å². The molecular formula is C12H10I2N2. The normalized spacial score (nSPS) is 10.4. The van der Waals surface area contributed by atoms with Crippen LogP contribution in [0.1, 0.15) is 0 Å². The van der Waals surface area contributed by atoms with Crippen LogP contribution in [-0.2, 0) is 0 Å². The van der Waals surface area contributed by atoms with Gasteiger partial charge in [-0.2, -0.15) is 0 Å². The Balaban J connectivity index is 2.57. The Bertz CT molecular complexity index is 521. The molecule has 2 aromatic rings. The molecule has 2 aromatic carbocycles. The summed E-state index contributed by atoms with van der Waals surface area (Å²) in [5.41, 5.74) is 15.5. The van der Waals surface area contributed by atoms with E-state index in [1.807, 2.05) is 36.4 Å². The van der Waals surface area contributed by atoms with E-state index in [-0.39, 0.29) is 0 Å². The number of hydrogen-bond acceptors (Lipinski definition) is 2. The molecule has 16 heavy (non-hydrogen) atoms. The minimum atomic E-state index is 0.781. The number of hydrogen-bond donors (Lipinski definition) is 2. The van der Waals surface area contributed by atoms with Gasteiger partial charge in [-0.3, -0.25) is 0 Å². The monoisotopic (exact) mass is 436 g/mol. The summed E-state index contributed by atoms with van der Waals surface area (Å²) >= 11 is 4.59. The Morgan fingerprint density at radius 1 is 0.750 bits per heavy atom. The third-order valence-electron chi connectivity index (χ3n) is 2.33. The van der Waals surface area contributed by atoms with Crippen molar-refractivity contribution in [3.05, 3.63) is 43.5 Å². The fourth-order valence-electron chi connectivity index (χ4n) is 1.45. The smallest absolute Gasteiger partial charge is 0.0499 e. The van der Waals surface area contributed by atoms with Crippen molar-refractivity contribution in [1.29, 1.82) is 0 Å². The van der Waals surface area contributed by atoms with Crippen molar-refractivity contribution in [2.24, 2.45) is 0 Å². The van der Waals surface area contributed by atoms with Crippen LogP contribution in [0.4, 0.5) is 11.4 Å². The van der Waals surface area contributed by atoms with Gasteiger partial charge in [0.1, 0.15) is 0 Å². The van der Waals surface area contributed by atoms with Crippen molar-refractivity contribution >= 4 is 56.6 Å². The fraction of sp³-hybridized carbons (Fsp3) is 0. The average molecular weight is 436 g/mol. The lowest BCUT2D eigenvalue weighted by Crippen LogP contribution is -1.94. The Labute approximate surface area is 122 Å².